The van der Waals surface area contributed by atoms with Gasteiger partial charge in [-0.1, -0.05) is 12.1 Å². The Balaban J connectivity index is 1.03. The Morgan fingerprint density at radius 1 is 0.864 bits per heavy atom. The summed E-state index contributed by atoms with van der Waals surface area (Å²) in [6.45, 7) is 4.64. The lowest BCUT2D eigenvalue weighted by atomic mass is 9.85. The van der Waals surface area contributed by atoms with Crippen LogP contribution in [0, 0.1) is 11.3 Å². The molecule has 0 saturated carbocycles. The van der Waals surface area contributed by atoms with Crippen molar-refractivity contribution < 1.29 is 87.2 Å². The number of hydrogen-bond donors (Lipinski definition) is 9. The minimum atomic E-state index is -1.89. The van der Waals surface area contributed by atoms with Gasteiger partial charge >= 0.3 is 11.9 Å². The molecular formula is C65H69N15O18S5. The SMILES string of the molecule is CO/C(C)=C1/NC(=O)C(C(C)O)NC(=O)c2csc(n2)-c2cc(O)c(-c3nc(C(=O)N[C@H](C#N)CN(C)CCO)cs3)nc2-c2csc(n2)C2COC(=O)c3c4c5c(cccc5n3OC)COC(=O)C(OC3CC(C)(O)C(N(C)C)C(C)O3)C(OC4)C(NC(=O)c3csc1n3)c1nc(cs1)C(=O)N2. The maximum Gasteiger partial charge on any atom is 0.358 e. The van der Waals surface area contributed by atoms with Gasteiger partial charge in [-0.25, -0.2) is 39.5 Å². The summed E-state index contributed by atoms with van der Waals surface area (Å²) in [4.78, 5) is 141. The van der Waals surface area contributed by atoms with E-state index in [4.69, 9.17) is 48.2 Å². The molecule has 1 aromatic carbocycles. The smallest absolute Gasteiger partial charge is 0.358 e. The lowest BCUT2D eigenvalue weighted by Crippen LogP contribution is -2.62. The van der Waals surface area contributed by atoms with Gasteiger partial charge in [0.15, 0.2) is 18.1 Å². The Morgan fingerprint density at radius 3 is 2.25 bits per heavy atom. The van der Waals surface area contributed by atoms with Crippen LogP contribution in [0.2, 0.25) is 0 Å². The number of aliphatic hydroxyl groups excluding tert-OH is 2. The molecule has 11 atom stereocenters. The van der Waals surface area contributed by atoms with Gasteiger partial charge in [0.2, 0.25) is 5.91 Å². The number of methoxy groups -OCH3 is 1. The van der Waals surface area contributed by atoms with Gasteiger partial charge in [0.1, 0.15) is 133 Å². The summed E-state index contributed by atoms with van der Waals surface area (Å²) in [6.07, 6.45) is -7.44. The van der Waals surface area contributed by atoms with Crippen LogP contribution in [-0.4, -0.2) is 222 Å². The fraction of sp³-hybridized carbons (Fsp3) is 0.415. The van der Waals surface area contributed by atoms with Crippen LogP contribution in [0.3, 0.4) is 0 Å². The van der Waals surface area contributed by atoms with Crippen LogP contribution in [0.25, 0.3) is 49.3 Å². The van der Waals surface area contributed by atoms with E-state index in [1.54, 1.807) is 68.4 Å². The summed E-state index contributed by atoms with van der Waals surface area (Å²) in [6, 6.07) is 2.12. The highest BCUT2D eigenvalue weighted by atomic mass is 32.1. The third-order valence-electron chi connectivity index (χ3n) is 17.4. The molecule has 9 N–H and O–H groups in total. The second kappa shape index (κ2) is 30.5. The van der Waals surface area contributed by atoms with E-state index in [1.165, 1.54) is 60.4 Å². The minimum absolute atomic E-state index is 0.00207. The summed E-state index contributed by atoms with van der Waals surface area (Å²) in [5.74, 6) is -6.84. The van der Waals surface area contributed by atoms with E-state index in [9.17, 15) is 40.1 Å². The number of ether oxygens (including phenoxy) is 6. The highest BCUT2D eigenvalue weighted by Gasteiger charge is 2.50. The number of cyclic esters (lactones) is 2. The zero-order valence-electron chi connectivity index (χ0n) is 56.4. The molecule has 11 heterocycles. The maximum absolute atomic E-state index is 15.3. The topological polar surface area (TPSA) is 438 Å². The van der Waals surface area contributed by atoms with Crippen LogP contribution >= 0.6 is 56.7 Å². The Morgan fingerprint density at radius 2 is 1.54 bits per heavy atom. The van der Waals surface area contributed by atoms with Crippen molar-refractivity contribution in [1.82, 2.24) is 71.0 Å². The number of benzene rings is 1. The van der Waals surface area contributed by atoms with Crippen molar-refractivity contribution in [3.8, 4) is 44.5 Å². The van der Waals surface area contributed by atoms with E-state index >= 15 is 19.2 Å². The Hall–Kier alpha value is -9.34. The predicted molar refractivity (Wildman–Crippen MR) is 371 cm³/mol. The largest absolute Gasteiger partial charge is 0.506 e. The molecule has 0 aliphatic carbocycles. The second-order valence-electron chi connectivity index (χ2n) is 24.8. The Labute approximate surface area is 606 Å². The average Bonchev–Trinajstić information content (AvgIpc) is 1.63. The molecule has 4 aliphatic rings. The van der Waals surface area contributed by atoms with Crippen LogP contribution in [0.5, 0.6) is 5.75 Å². The first-order chi connectivity index (χ1) is 49.3. The summed E-state index contributed by atoms with van der Waals surface area (Å²) in [5, 5.41) is 75.8. The zero-order valence-corrected chi connectivity index (χ0v) is 60.5. The standard InChI is InChI=1S/C65H69N15O18S5/c1-27(82)44-57(88)76-45(28(2)92-8)60-71-39(26-101-60)56(87)77-48-50-51(98-42-16-65(4,91)52(78(5)6)29(3)97-42)64(90)95-19-30-11-10-12-40-43(30)33(20-94-50)49(80(40)93-9)63(89)96-21-34(68-54(85)37-25-103-62(48)73-37)59-69-35(22-100-59)46-32(58-70-38(23-99-58)55(86)75-44)15-41(83)47(74-46)61-72-36(24-102-61)53(84)67-31(17-66)18-79(7)13-14-81/h10-12,15,22-27,29,31,34,42,44,48,50-52,81-83,91H,13-14,16,18-21H2,1-9H3,(H,67,84)(H,68,85)(H,75,86)(H,76,88)(H,77,87)/b45-28+/t27?,29?,31-,34?,42?,44?,48?,50?,51?,52?,65?/m1/s1. The molecule has 7 aromatic heterocycles. The van der Waals surface area contributed by atoms with Gasteiger partial charge in [-0.15, -0.1) is 56.7 Å². The van der Waals surface area contributed by atoms with Crippen molar-refractivity contribution in [2.45, 2.75) is 114 Å². The summed E-state index contributed by atoms with van der Waals surface area (Å²) >= 11 is 4.61. The number of carbonyl (C=O) groups is 7. The number of carbonyl (C=O) groups excluding carboxylic acids is 7. The number of aromatic hydroxyl groups is 1. The number of esters is 2. The van der Waals surface area contributed by atoms with Gasteiger partial charge in [-0.05, 0) is 66.5 Å². The number of aromatic nitrogens is 7. The van der Waals surface area contributed by atoms with Crippen LogP contribution in [0.15, 0.2) is 56.9 Å². The highest BCUT2D eigenvalue weighted by Crippen LogP contribution is 2.43. The van der Waals surface area contributed by atoms with E-state index in [2.05, 4.69) is 41.5 Å². The van der Waals surface area contributed by atoms with E-state index in [0.717, 1.165) is 56.7 Å². The van der Waals surface area contributed by atoms with Crippen molar-refractivity contribution in [3.63, 3.8) is 0 Å². The number of nitriles is 1. The van der Waals surface area contributed by atoms with Crippen LogP contribution in [0.1, 0.15) is 125 Å². The van der Waals surface area contributed by atoms with E-state index < -0.39 is 134 Å². The Kier molecular flexibility index (Phi) is 21.8. The normalized spacial score (nSPS) is 23.8. The van der Waals surface area contributed by atoms with Gasteiger partial charge in [0.05, 0.1) is 55.8 Å². The van der Waals surface area contributed by atoms with Crippen molar-refractivity contribution in [1.29, 1.82) is 5.26 Å². The molecule has 0 spiro atoms. The van der Waals surface area contributed by atoms with E-state index in [1.807, 2.05) is 6.07 Å². The monoisotopic (exact) mass is 1510 g/mol. The number of thiazole rings is 5. The van der Waals surface area contributed by atoms with E-state index in [-0.39, 0.29) is 119 Å². The predicted octanol–water partition coefficient (Wildman–Crippen LogP) is 3.53. The third-order valence-corrected chi connectivity index (χ3v) is 21.8. The molecule has 12 rings (SSSR count). The minimum Gasteiger partial charge on any atom is -0.506 e. The lowest BCUT2D eigenvalue weighted by molar-refractivity contribution is -0.280. The van der Waals surface area contributed by atoms with Crippen molar-refractivity contribution >= 4 is 115 Å². The molecule has 33 nitrogen and oxygen atoms in total. The molecule has 10 unspecified atom stereocenters. The van der Waals surface area contributed by atoms with Gasteiger partial charge in [0, 0.05) is 62.9 Å². The summed E-state index contributed by atoms with van der Waals surface area (Å²) < 4.78 is 39.3. The highest BCUT2D eigenvalue weighted by molar-refractivity contribution is 7.14. The van der Waals surface area contributed by atoms with Gasteiger partial charge in [-0.2, -0.15) is 9.99 Å². The van der Waals surface area contributed by atoms with Crippen LogP contribution in [0.4, 0.5) is 0 Å². The number of hydrogen-bond acceptors (Lipinski definition) is 32. The fourth-order valence-corrected chi connectivity index (χ4v) is 16.7. The molecule has 12 bridgehead atoms. The molecule has 5 amide bonds. The number of likely N-dealkylation sites (N-methyl/N-ethyl adjacent to an activating group) is 2. The molecular weight excluding hydrogens is 1440 g/mol. The molecule has 1 fully saturated rings. The Bertz CT molecular complexity index is 4690. The molecule has 8 aromatic rings. The van der Waals surface area contributed by atoms with Gasteiger partial charge in [0.25, 0.3) is 23.6 Å². The number of nitrogens with zero attached hydrogens (tertiary/aromatic N) is 10. The first kappa shape index (κ1) is 73.4. The molecule has 0 radical (unpaired) electrons. The third kappa shape index (κ3) is 15.1. The summed E-state index contributed by atoms with van der Waals surface area (Å²) in [5.41, 5.74) is -1.82. The van der Waals surface area contributed by atoms with Crippen molar-refractivity contribution in [3.05, 3.63) is 112 Å². The van der Waals surface area contributed by atoms with Crippen molar-refractivity contribution in [2.75, 3.05) is 61.7 Å². The fourth-order valence-electron chi connectivity index (χ4n) is 12.6. The molecule has 38 heteroatoms. The maximum atomic E-state index is 15.3. The van der Waals surface area contributed by atoms with Gasteiger partial charge in [-0.3, -0.25) is 24.0 Å². The molecule has 1 saturated heterocycles. The molecule has 4 aliphatic heterocycles. The quantitative estimate of drug-likeness (QED) is 0.0589. The summed E-state index contributed by atoms with van der Waals surface area (Å²) in [7, 11) is 7.86. The number of allylic oxidation sites excluding steroid dienone is 1. The number of rotatable bonds is 13. The first-order valence-electron chi connectivity index (χ1n) is 31.8. The lowest BCUT2D eigenvalue weighted by Gasteiger charge is -2.48. The number of pyridine rings is 1. The first-order valence-corrected chi connectivity index (χ1v) is 36.2. The van der Waals surface area contributed by atoms with E-state index in [0.29, 0.717) is 16.5 Å². The number of amides is 5. The number of fused-ring (bicyclic) bond motifs is 15. The van der Waals surface area contributed by atoms with Gasteiger partial charge < -0.3 is 90.1 Å². The number of aliphatic hydroxyl groups is 3. The zero-order chi connectivity index (χ0) is 73.5. The molecule has 103 heavy (non-hydrogen) atoms. The molecule has 542 valence electrons. The van der Waals surface area contributed by atoms with Crippen LogP contribution < -0.4 is 31.4 Å². The second-order valence-corrected chi connectivity index (χ2v) is 29.2. The van der Waals surface area contributed by atoms with Crippen LogP contribution in [-0.2, 0) is 51.2 Å². The van der Waals surface area contributed by atoms with Crippen molar-refractivity contribution in [2.24, 2.45) is 0 Å². The number of nitrogens with one attached hydrogen (secondary N) is 5. The average molecular weight is 1510 g/mol.